The third-order valence-corrected chi connectivity index (χ3v) is 5.90. The maximum Gasteiger partial charge on any atom is 0.303 e. The van der Waals surface area contributed by atoms with Gasteiger partial charge in [-0.25, -0.2) is 0 Å². The number of amides is 1. The monoisotopic (exact) mass is 505 g/mol. The highest BCUT2D eigenvalue weighted by Crippen LogP contribution is 2.32. The van der Waals surface area contributed by atoms with Crippen LogP contribution < -0.4 is 0 Å². The minimum atomic E-state index is -1.54. The van der Waals surface area contributed by atoms with Crippen LogP contribution in [0, 0.1) is 0 Å². The van der Waals surface area contributed by atoms with Crippen molar-refractivity contribution in [2.75, 3.05) is 18.9 Å². The number of rotatable bonds is 10. The Kier molecular flexibility index (Phi) is 11.8. The lowest BCUT2D eigenvalue weighted by molar-refractivity contribution is -0.205. The third kappa shape index (κ3) is 9.57. The lowest BCUT2D eigenvalue weighted by atomic mass is 10.0. The molecule has 1 aliphatic heterocycles. The van der Waals surface area contributed by atoms with Crippen molar-refractivity contribution in [3.05, 3.63) is 0 Å². The Morgan fingerprint density at radius 2 is 1.29 bits per heavy atom. The predicted molar refractivity (Wildman–Crippen MR) is 117 cm³/mol. The van der Waals surface area contributed by atoms with Crippen molar-refractivity contribution in [1.29, 1.82) is 0 Å². The minimum absolute atomic E-state index is 0.309. The molecule has 5 atom stereocenters. The van der Waals surface area contributed by atoms with Crippen LogP contribution in [0.5, 0.6) is 0 Å². The van der Waals surface area contributed by atoms with Gasteiger partial charge in [0.2, 0.25) is 5.91 Å². The first-order chi connectivity index (χ1) is 15.8. The zero-order chi connectivity index (χ0) is 26.0. The summed E-state index contributed by atoms with van der Waals surface area (Å²) in [4.78, 5) is 73.0. The van der Waals surface area contributed by atoms with Crippen LogP contribution in [0.1, 0.15) is 48.0 Å². The fraction of sp³-hybridized carbons (Fsp3) is 0.714. The number of carbonyl (C=O) groups is 6. The lowest BCUT2D eigenvalue weighted by Crippen LogP contribution is -2.60. The highest BCUT2D eigenvalue weighted by atomic mass is 32.2. The molecule has 1 rings (SSSR count). The topological polar surface area (TPSA) is 152 Å². The van der Waals surface area contributed by atoms with Crippen molar-refractivity contribution in [3.63, 3.8) is 0 Å². The predicted octanol–water partition coefficient (Wildman–Crippen LogP) is 0.588. The summed E-state index contributed by atoms with van der Waals surface area (Å²) in [6.07, 6.45) is -5.09. The molecule has 1 aliphatic rings. The number of hydrogen-bond donors (Lipinski definition) is 0. The third-order valence-electron chi connectivity index (χ3n) is 4.51. The van der Waals surface area contributed by atoms with Gasteiger partial charge >= 0.3 is 29.8 Å². The Morgan fingerprint density at radius 3 is 1.76 bits per heavy atom. The van der Waals surface area contributed by atoms with Crippen LogP contribution in [0.25, 0.3) is 0 Å². The Balaban J connectivity index is 3.60. The Morgan fingerprint density at radius 1 is 0.765 bits per heavy atom. The summed E-state index contributed by atoms with van der Waals surface area (Å²) in [6, 6.07) is 0. The zero-order valence-corrected chi connectivity index (χ0v) is 20.9. The van der Waals surface area contributed by atoms with E-state index in [1.165, 1.54) is 23.6 Å². The molecule has 0 aromatic rings. The maximum atomic E-state index is 12.3. The molecule has 13 heteroatoms. The van der Waals surface area contributed by atoms with Crippen LogP contribution in [0.15, 0.2) is 0 Å². The summed E-state index contributed by atoms with van der Waals surface area (Å²) < 4.78 is 26.5. The summed E-state index contributed by atoms with van der Waals surface area (Å²) >= 11 is 1.29. The van der Waals surface area contributed by atoms with Gasteiger partial charge in [0.1, 0.15) is 12.0 Å². The van der Waals surface area contributed by atoms with Crippen molar-refractivity contribution < 1.29 is 52.5 Å². The molecule has 1 saturated heterocycles. The molecule has 1 fully saturated rings. The van der Waals surface area contributed by atoms with E-state index < -0.39 is 66.2 Å². The number of esters is 5. The molecule has 0 bridgehead atoms. The number of carbonyl (C=O) groups excluding carboxylic acids is 6. The quantitative estimate of drug-likeness (QED) is 0.302. The van der Waals surface area contributed by atoms with E-state index in [1.807, 2.05) is 0 Å². The zero-order valence-electron chi connectivity index (χ0n) is 20.1. The average molecular weight is 506 g/mol. The lowest BCUT2D eigenvalue weighted by Gasteiger charge is -2.43. The Labute approximate surface area is 201 Å². The van der Waals surface area contributed by atoms with E-state index in [0.29, 0.717) is 18.7 Å². The fourth-order valence-electron chi connectivity index (χ4n) is 3.41. The highest BCUT2D eigenvalue weighted by Gasteiger charge is 2.49. The van der Waals surface area contributed by atoms with Crippen LogP contribution in [-0.2, 0) is 52.5 Å². The molecule has 0 aromatic heterocycles. The van der Waals surface area contributed by atoms with Gasteiger partial charge in [-0.1, -0.05) is 0 Å². The van der Waals surface area contributed by atoms with Gasteiger partial charge < -0.3 is 28.6 Å². The minimum Gasteiger partial charge on any atom is -0.462 e. The van der Waals surface area contributed by atoms with Gasteiger partial charge in [0, 0.05) is 48.1 Å². The molecule has 1 amide bonds. The summed E-state index contributed by atoms with van der Waals surface area (Å²) in [6.45, 7) is 6.68. The molecule has 0 spiro atoms. The van der Waals surface area contributed by atoms with Gasteiger partial charge in [-0.2, -0.15) is 0 Å². The van der Waals surface area contributed by atoms with E-state index in [1.54, 1.807) is 0 Å². The first-order valence-electron chi connectivity index (χ1n) is 10.5. The second-order valence-electron chi connectivity index (χ2n) is 7.50. The summed E-state index contributed by atoms with van der Waals surface area (Å²) in [7, 11) is 0. The molecule has 192 valence electrons. The summed E-state index contributed by atoms with van der Waals surface area (Å²) in [5.41, 5.74) is 0. The number of ether oxygens (including phenoxy) is 5. The first kappa shape index (κ1) is 29.2. The second-order valence-corrected chi connectivity index (χ2v) is 8.72. The summed E-state index contributed by atoms with van der Waals surface area (Å²) in [5, 5.41) is -0.802. The van der Waals surface area contributed by atoms with Crippen molar-refractivity contribution in [1.82, 2.24) is 4.90 Å². The van der Waals surface area contributed by atoms with Gasteiger partial charge in [0.25, 0.3) is 0 Å². The number of nitrogens with zero attached hydrogens (tertiary/aromatic N) is 1. The van der Waals surface area contributed by atoms with Crippen molar-refractivity contribution >= 4 is 47.5 Å². The molecular formula is C21H31NO11S. The van der Waals surface area contributed by atoms with E-state index in [4.69, 9.17) is 23.7 Å². The van der Waals surface area contributed by atoms with Crippen molar-refractivity contribution in [3.8, 4) is 0 Å². The van der Waals surface area contributed by atoms with Crippen molar-refractivity contribution in [2.45, 2.75) is 77.8 Å². The molecule has 0 aliphatic carbocycles. The number of thioether (sulfide) groups is 1. The van der Waals surface area contributed by atoms with Crippen LogP contribution in [0.2, 0.25) is 0 Å². The van der Waals surface area contributed by atoms with E-state index >= 15 is 0 Å². The molecule has 12 nitrogen and oxygen atoms in total. The molecule has 0 aromatic carbocycles. The molecule has 0 saturated carbocycles. The van der Waals surface area contributed by atoms with Gasteiger partial charge in [-0.3, -0.25) is 28.8 Å². The largest absolute Gasteiger partial charge is 0.462 e. The van der Waals surface area contributed by atoms with E-state index in [-0.39, 0.29) is 5.91 Å². The van der Waals surface area contributed by atoms with Gasteiger partial charge in [0.05, 0.1) is 0 Å². The van der Waals surface area contributed by atoms with Gasteiger partial charge in [0.15, 0.2) is 24.4 Å². The SMILES string of the molecule is CC(=O)OC[C@H](OC(C)=O)[C@@H](OC(C)=O)[C@@H](OC(C)=O)[C@@H](OC(C)=O)[C@@H]1SCCCN1C(C)=O. The molecular weight excluding hydrogens is 474 g/mol. The fourth-order valence-corrected chi connectivity index (χ4v) is 4.78. The smallest absolute Gasteiger partial charge is 0.303 e. The molecule has 0 unspecified atom stereocenters. The molecule has 1 heterocycles. The van der Waals surface area contributed by atoms with E-state index in [9.17, 15) is 28.8 Å². The van der Waals surface area contributed by atoms with Crippen LogP contribution in [-0.4, -0.2) is 89.3 Å². The van der Waals surface area contributed by atoms with Crippen LogP contribution >= 0.6 is 11.8 Å². The van der Waals surface area contributed by atoms with Gasteiger partial charge in [-0.05, 0) is 12.2 Å². The average Bonchev–Trinajstić information content (AvgIpc) is 2.71. The second kappa shape index (κ2) is 13.8. The molecule has 0 radical (unpaired) electrons. The first-order valence-corrected chi connectivity index (χ1v) is 11.6. The van der Waals surface area contributed by atoms with E-state index in [2.05, 4.69) is 0 Å². The Hall–Kier alpha value is -2.83. The number of hydrogen-bond acceptors (Lipinski definition) is 12. The van der Waals surface area contributed by atoms with E-state index in [0.717, 1.165) is 34.6 Å². The highest BCUT2D eigenvalue weighted by molar-refractivity contribution is 7.99. The molecule has 34 heavy (non-hydrogen) atoms. The summed E-state index contributed by atoms with van der Waals surface area (Å²) in [5.74, 6) is -3.59. The molecule has 0 N–H and O–H groups in total. The van der Waals surface area contributed by atoms with Crippen LogP contribution in [0.3, 0.4) is 0 Å². The normalized spacial score (nSPS) is 19.0. The Bertz CT molecular complexity index is 787. The van der Waals surface area contributed by atoms with Crippen LogP contribution in [0.4, 0.5) is 0 Å². The maximum absolute atomic E-state index is 12.3. The van der Waals surface area contributed by atoms with Crippen molar-refractivity contribution in [2.24, 2.45) is 0 Å². The standard InChI is InChI=1S/C21H31NO11S/c1-11(23)22-8-7-9-34-21(22)20(33-16(6)28)19(32-15(5)27)18(31-14(4)26)17(30-13(3)25)10-29-12(2)24/h17-21H,7-10H2,1-6H3/t17-,18+,19+,20+,21-/m0/s1. The van der Waals surface area contributed by atoms with Gasteiger partial charge in [-0.15, -0.1) is 11.8 Å².